The molecular formula is C15H15N5O2. The van der Waals surface area contributed by atoms with Crippen molar-refractivity contribution < 1.29 is 9.21 Å². The number of aromatic nitrogens is 3. The van der Waals surface area contributed by atoms with Crippen LogP contribution in [0.2, 0.25) is 0 Å². The second kappa shape index (κ2) is 4.59. The predicted molar refractivity (Wildman–Crippen MR) is 80.0 cm³/mol. The molecule has 0 fully saturated rings. The Morgan fingerprint density at radius 2 is 2.32 bits per heavy atom. The van der Waals surface area contributed by atoms with Crippen LogP contribution in [0.15, 0.2) is 22.6 Å². The number of carbonyl (C=O) groups excluding carboxylic acids is 1. The van der Waals surface area contributed by atoms with Crippen molar-refractivity contribution in [1.82, 2.24) is 20.1 Å². The molecule has 1 aromatic carbocycles. The quantitative estimate of drug-likeness (QED) is 0.717. The van der Waals surface area contributed by atoms with Crippen LogP contribution in [0.5, 0.6) is 0 Å². The third-order valence-corrected chi connectivity index (χ3v) is 4.01. The molecule has 3 N–H and O–H groups in total. The van der Waals surface area contributed by atoms with Crippen LogP contribution < -0.4 is 5.73 Å². The fourth-order valence-electron chi connectivity index (χ4n) is 2.91. The zero-order valence-electron chi connectivity index (χ0n) is 12.1. The maximum atomic E-state index is 11.4. The molecule has 0 bridgehead atoms. The maximum Gasteiger partial charge on any atom is 0.315 e. The zero-order chi connectivity index (χ0) is 15.3. The molecule has 3 aromatic rings. The van der Waals surface area contributed by atoms with E-state index in [0.717, 1.165) is 40.0 Å². The van der Waals surface area contributed by atoms with Gasteiger partial charge in [0.25, 0.3) is 0 Å². The van der Waals surface area contributed by atoms with Crippen LogP contribution in [0.25, 0.3) is 22.4 Å². The predicted octanol–water partition coefficient (Wildman–Crippen LogP) is 1.96. The van der Waals surface area contributed by atoms with Gasteiger partial charge in [0.05, 0.1) is 12.2 Å². The Kier molecular flexibility index (Phi) is 2.69. The number of carbonyl (C=O) groups is 1. The van der Waals surface area contributed by atoms with Gasteiger partial charge < -0.3 is 15.1 Å². The number of hydrogen-bond donors (Lipinski definition) is 2. The summed E-state index contributed by atoms with van der Waals surface area (Å²) in [5, 5.41) is 7.48. The number of oxazole rings is 1. The number of H-pyrrole nitrogens is 1. The van der Waals surface area contributed by atoms with Crippen molar-refractivity contribution >= 4 is 17.1 Å². The van der Waals surface area contributed by atoms with Gasteiger partial charge in [0.15, 0.2) is 11.5 Å². The van der Waals surface area contributed by atoms with Crippen LogP contribution in [0.4, 0.5) is 4.79 Å². The Bertz CT molecular complexity index is 879. The highest BCUT2D eigenvalue weighted by Crippen LogP contribution is 2.30. The van der Waals surface area contributed by atoms with E-state index < -0.39 is 6.03 Å². The van der Waals surface area contributed by atoms with Gasteiger partial charge in [-0.3, -0.25) is 5.10 Å². The fraction of sp³-hybridized carbons (Fsp3) is 0.267. The molecule has 1 aliphatic rings. The van der Waals surface area contributed by atoms with E-state index in [1.807, 2.05) is 25.1 Å². The molecule has 7 nitrogen and oxygen atoms in total. The van der Waals surface area contributed by atoms with Crippen LogP contribution in [0.3, 0.4) is 0 Å². The molecule has 112 valence electrons. The number of primary amides is 1. The molecule has 22 heavy (non-hydrogen) atoms. The smallest absolute Gasteiger partial charge is 0.315 e. The first kappa shape index (κ1) is 12.9. The summed E-state index contributed by atoms with van der Waals surface area (Å²) in [6.45, 7) is 2.92. The number of nitrogens with zero attached hydrogens (tertiary/aromatic N) is 3. The fourth-order valence-corrected chi connectivity index (χ4v) is 2.91. The molecule has 0 unspecified atom stereocenters. The first-order valence-electron chi connectivity index (χ1n) is 7.10. The third-order valence-electron chi connectivity index (χ3n) is 4.01. The molecule has 2 aromatic heterocycles. The summed E-state index contributed by atoms with van der Waals surface area (Å²) >= 11 is 0. The number of nitrogens with one attached hydrogen (secondary N) is 1. The molecule has 1 aliphatic heterocycles. The van der Waals surface area contributed by atoms with E-state index in [4.69, 9.17) is 10.2 Å². The van der Waals surface area contributed by atoms with E-state index >= 15 is 0 Å². The van der Waals surface area contributed by atoms with Crippen LogP contribution in [-0.2, 0) is 13.0 Å². The van der Waals surface area contributed by atoms with Gasteiger partial charge in [-0.25, -0.2) is 9.78 Å². The van der Waals surface area contributed by atoms with Gasteiger partial charge in [0.1, 0.15) is 5.52 Å². The minimum absolute atomic E-state index is 0.402. The zero-order valence-corrected chi connectivity index (χ0v) is 12.1. The van der Waals surface area contributed by atoms with Crippen LogP contribution in [0.1, 0.15) is 17.1 Å². The van der Waals surface area contributed by atoms with Gasteiger partial charge >= 0.3 is 6.03 Å². The second-order valence-electron chi connectivity index (χ2n) is 5.45. The van der Waals surface area contributed by atoms with Crippen LogP contribution in [-0.4, -0.2) is 32.7 Å². The average molecular weight is 297 g/mol. The number of aryl methyl sites for hydroxylation is 1. The van der Waals surface area contributed by atoms with E-state index in [2.05, 4.69) is 15.2 Å². The van der Waals surface area contributed by atoms with Crippen molar-refractivity contribution in [3.8, 4) is 11.3 Å². The highest BCUT2D eigenvalue weighted by molar-refractivity contribution is 5.81. The average Bonchev–Trinajstić information content (AvgIpc) is 3.07. The molecular weight excluding hydrogens is 282 g/mol. The van der Waals surface area contributed by atoms with Crippen LogP contribution in [0, 0.1) is 6.92 Å². The van der Waals surface area contributed by atoms with E-state index in [0.29, 0.717) is 19.0 Å². The first-order valence-corrected chi connectivity index (χ1v) is 7.10. The summed E-state index contributed by atoms with van der Waals surface area (Å²) in [6, 6.07) is 5.39. The SMILES string of the molecule is Cc1nc2cc(-c3n[nH]c4c3CN(C(N)=O)CC4)ccc2o1. The Labute approximate surface area is 126 Å². The van der Waals surface area contributed by atoms with Crippen molar-refractivity contribution in [3.05, 3.63) is 35.3 Å². The monoisotopic (exact) mass is 297 g/mol. The largest absolute Gasteiger partial charge is 0.441 e. The topological polar surface area (TPSA) is 101 Å². The highest BCUT2D eigenvalue weighted by atomic mass is 16.3. The standard InChI is InChI=1S/C15H15N5O2/c1-8-17-12-6-9(2-3-13(12)22-8)14-10-7-20(15(16)21)5-4-11(10)18-19-14/h2-3,6H,4-5,7H2,1H3,(H2,16,21)(H,18,19). The number of amides is 2. The van der Waals surface area contributed by atoms with E-state index in [-0.39, 0.29) is 0 Å². The lowest BCUT2D eigenvalue weighted by Crippen LogP contribution is -2.39. The lowest BCUT2D eigenvalue weighted by atomic mass is 10.0. The minimum Gasteiger partial charge on any atom is -0.441 e. The summed E-state index contributed by atoms with van der Waals surface area (Å²) in [5.41, 5.74) is 10.8. The number of nitrogens with two attached hydrogens (primary N) is 1. The summed E-state index contributed by atoms with van der Waals surface area (Å²) < 4.78 is 5.49. The van der Waals surface area contributed by atoms with Crippen molar-refractivity contribution in [2.24, 2.45) is 5.73 Å². The molecule has 7 heteroatoms. The molecule has 0 aliphatic carbocycles. The van der Waals surface area contributed by atoms with E-state index in [9.17, 15) is 4.79 Å². The molecule has 2 amide bonds. The summed E-state index contributed by atoms with van der Waals surface area (Å²) in [5.74, 6) is 0.635. The number of rotatable bonds is 1. The van der Waals surface area contributed by atoms with Crippen molar-refractivity contribution in [2.75, 3.05) is 6.54 Å². The first-order chi connectivity index (χ1) is 10.6. The molecule has 0 saturated heterocycles. The second-order valence-corrected chi connectivity index (χ2v) is 5.45. The normalized spacial score (nSPS) is 14.3. The summed E-state index contributed by atoms with van der Waals surface area (Å²) in [6.07, 6.45) is 0.733. The molecule has 0 atom stereocenters. The summed E-state index contributed by atoms with van der Waals surface area (Å²) in [4.78, 5) is 17.4. The molecule has 4 rings (SSSR count). The Hall–Kier alpha value is -2.83. The molecule has 0 saturated carbocycles. The molecule has 0 radical (unpaired) electrons. The third kappa shape index (κ3) is 1.93. The van der Waals surface area contributed by atoms with Gasteiger partial charge in [0, 0.05) is 36.7 Å². The number of hydrogen-bond acceptors (Lipinski definition) is 4. The molecule has 0 spiro atoms. The van der Waals surface area contributed by atoms with E-state index in [1.165, 1.54) is 0 Å². The van der Waals surface area contributed by atoms with Crippen molar-refractivity contribution in [1.29, 1.82) is 0 Å². The molecule has 3 heterocycles. The Morgan fingerprint density at radius 3 is 3.14 bits per heavy atom. The highest BCUT2D eigenvalue weighted by Gasteiger charge is 2.24. The van der Waals surface area contributed by atoms with Crippen molar-refractivity contribution in [2.45, 2.75) is 19.9 Å². The number of urea groups is 1. The van der Waals surface area contributed by atoms with Gasteiger partial charge in [-0.1, -0.05) is 0 Å². The number of aromatic amines is 1. The Balaban J connectivity index is 1.79. The minimum atomic E-state index is -0.402. The van der Waals surface area contributed by atoms with Gasteiger partial charge in [0.2, 0.25) is 0 Å². The maximum absolute atomic E-state index is 11.4. The lowest BCUT2D eigenvalue weighted by Gasteiger charge is -2.25. The summed E-state index contributed by atoms with van der Waals surface area (Å²) in [7, 11) is 0. The lowest BCUT2D eigenvalue weighted by molar-refractivity contribution is 0.202. The van der Waals surface area contributed by atoms with E-state index in [1.54, 1.807) is 4.90 Å². The van der Waals surface area contributed by atoms with Gasteiger partial charge in [-0.2, -0.15) is 5.10 Å². The Morgan fingerprint density at radius 1 is 1.45 bits per heavy atom. The van der Waals surface area contributed by atoms with Crippen molar-refractivity contribution in [3.63, 3.8) is 0 Å². The van der Waals surface area contributed by atoms with Gasteiger partial charge in [-0.15, -0.1) is 0 Å². The van der Waals surface area contributed by atoms with Gasteiger partial charge in [-0.05, 0) is 18.2 Å². The number of benzene rings is 1. The number of fused-ring (bicyclic) bond motifs is 2. The van der Waals surface area contributed by atoms with Crippen LogP contribution >= 0.6 is 0 Å².